The highest BCUT2D eigenvalue weighted by atomic mass is 32.2. The van der Waals surface area contributed by atoms with Crippen molar-refractivity contribution in [2.24, 2.45) is 0 Å². The smallest absolute Gasteiger partial charge is 0.679 e. The molecule has 0 amide bonds. The molecule has 0 saturated heterocycles. The first-order valence-electron chi connectivity index (χ1n) is 10.2. The minimum absolute atomic E-state index is 0. The molecule has 1 atom stereocenters. The van der Waals surface area contributed by atoms with Crippen LogP contribution in [-0.2, 0) is 68.8 Å². The van der Waals surface area contributed by atoms with Crippen LogP contribution in [0.1, 0.15) is 27.7 Å². The third kappa shape index (κ3) is 29.4. The predicted molar refractivity (Wildman–Crippen MR) is 137 cm³/mol. The van der Waals surface area contributed by atoms with Crippen LogP contribution in [0.4, 0.5) is 26.3 Å². The van der Waals surface area contributed by atoms with Gasteiger partial charge in [0.15, 0.2) is 0 Å². The van der Waals surface area contributed by atoms with Crippen LogP contribution in [0.25, 0.3) is 0 Å². The highest BCUT2D eigenvalue weighted by Crippen LogP contribution is 2.28. The van der Waals surface area contributed by atoms with E-state index in [0.29, 0.717) is 26.4 Å². The van der Waals surface area contributed by atoms with Crippen molar-refractivity contribution >= 4 is 57.0 Å². The molecule has 0 aromatic carbocycles. The number of halogens is 6. The van der Waals surface area contributed by atoms with E-state index in [2.05, 4.69) is 23.9 Å². The van der Waals surface area contributed by atoms with Crippen molar-refractivity contribution in [3.63, 3.8) is 0 Å². The molecule has 1 unspecified atom stereocenters. The second-order valence-corrected chi connectivity index (χ2v) is 14.0. The van der Waals surface area contributed by atoms with Gasteiger partial charge in [-0.05, 0) is 27.7 Å². The molecule has 0 spiro atoms. The minimum Gasteiger partial charge on any atom is -0.697 e. The molecule has 0 heterocycles. The Kier molecular flexibility index (Phi) is 38.6. The highest BCUT2D eigenvalue weighted by Gasteiger charge is 2.54. The van der Waals surface area contributed by atoms with Crippen molar-refractivity contribution < 1.29 is 107 Å². The molecule has 0 aliphatic rings. The van der Waals surface area contributed by atoms with Crippen LogP contribution in [-0.4, -0.2) is 114 Å². The summed E-state index contributed by atoms with van der Waals surface area (Å²) in [6.45, 7) is 10.6. The predicted octanol–water partition coefficient (Wildman–Crippen LogP) is -0.387. The third-order valence-electron chi connectivity index (χ3n) is 2.73. The Balaban J connectivity index is -0.0000000880. The van der Waals surface area contributed by atoms with E-state index in [9.17, 15) is 39.2 Å². The van der Waals surface area contributed by atoms with E-state index < -0.39 is 68.0 Å². The van der Waals surface area contributed by atoms with E-state index in [1.54, 1.807) is 0 Å². The lowest BCUT2D eigenvalue weighted by Gasteiger charge is -2.26. The molecule has 0 aromatic rings. The van der Waals surface area contributed by atoms with Gasteiger partial charge in [0.05, 0.1) is 0 Å². The number of rotatable bonds is 14. The average molecular weight is 780 g/mol. The van der Waals surface area contributed by atoms with Gasteiger partial charge < -0.3 is 55.0 Å². The monoisotopic (exact) mass is 779 g/mol. The van der Waals surface area contributed by atoms with Gasteiger partial charge in [0.2, 0.25) is 0 Å². The Hall–Kier alpha value is -1.29. The zero-order valence-corrected chi connectivity index (χ0v) is 29.4. The van der Waals surface area contributed by atoms with Gasteiger partial charge in [-0.15, -0.1) is 0 Å². The van der Waals surface area contributed by atoms with Crippen LogP contribution in [0.15, 0.2) is 0 Å². The first-order valence-corrected chi connectivity index (χ1v) is 18.7. The molecule has 0 fully saturated rings. The first-order chi connectivity index (χ1) is 19.0. The fourth-order valence-electron chi connectivity index (χ4n) is 1.39. The molecular formula is C14H33F6O18S2Si4-. The molecule has 30 heteroatoms. The second kappa shape index (κ2) is 29.1. The molecule has 0 saturated carbocycles. The summed E-state index contributed by atoms with van der Waals surface area (Å²) in [6.07, 6.45) is 9.00. The van der Waals surface area contributed by atoms with E-state index in [-0.39, 0.29) is 11.0 Å². The summed E-state index contributed by atoms with van der Waals surface area (Å²) >= 11 is 0. The van der Waals surface area contributed by atoms with Gasteiger partial charge in [-0.2, -0.15) is 47.8 Å². The Labute approximate surface area is 255 Å². The maximum atomic E-state index is 11.9. The lowest BCUT2D eigenvalue weighted by Crippen LogP contribution is -2.49. The molecule has 0 bridgehead atoms. The molecule has 5 N–H and O–H groups in total. The zero-order valence-electron chi connectivity index (χ0n) is 23.6. The Morgan fingerprint density at radius 1 is 0.818 bits per heavy atom. The van der Waals surface area contributed by atoms with Crippen molar-refractivity contribution in [2.45, 2.75) is 45.3 Å². The van der Waals surface area contributed by atoms with Crippen LogP contribution in [0.5, 0.6) is 0 Å². The standard InChI is InChI=1S/C8H20O4Si.C3H7F3O7SSi2.C2H.CHF3O3S.O2Si.2H2O/c1-5-9-13(10-6-2,11-7-3)12-8-4;1-10-16(2,12-11-15-9)13-14(7,8)3(4,5)6;1-2;2-1(3,4)8(5,6)7;1-3-2;;/h5-8H2,1-4H3;15H,1-2H3;1H;(H,5,6,7);;2*1H2/q;;-1;;;;. The van der Waals surface area contributed by atoms with Gasteiger partial charge in [-0.1, -0.05) is 0 Å². The summed E-state index contributed by atoms with van der Waals surface area (Å²) < 4.78 is 179. The van der Waals surface area contributed by atoms with Gasteiger partial charge in [0.1, 0.15) is 0 Å². The topological polar surface area (TPSA) is 277 Å². The van der Waals surface area contributed by atoms with Gasteiger partial charge >= 0.3 is 68.0 Å². The maximum Gasteiger partial charge on any atom is 0.679 e. The molecule has 0 radical (unpaired) electrons. The molecule has 0 aliphatic carbocycles. The summed E-state index contributed by atoms with van der Waals surface area (Å²) in [7, 11) is -21.1. The van der Waals surface area contributed by atoms with E-state index in [4.69, 9.17) is 46.0 Å². The van der Waals surface area contributed by atoms with Crippen molar-refractivity contribution in [1.82, 2.24) is 0 Å². The van der Waals surface area contributed by atoms with Crippen LogP contribution in [0.2, 0.25) is 6.55 Å². The van der Waals surface area contributed by atoms with E-state index >= 15 is 0 Å². The van der Waals surface area contributed by atoms with Crippen molar-refractivity contribution in [3.8, 4) is 6.42 Å². The summed E-state index contributed by atoms with van der Waals surface area (Å²) in [5.41, 5.74) is -11.1. The van der Waals surface area contributed by atoms with Crippen LogP contribution in [0.3, 0.4) is 0 Å². The molecule has 0 aliphatic heterocycles. The van der Waals surface area contributed by atoms with E-state index in [0.717, 1.165) is 13.7 Å². The van der Waals surface area contributed by atoms with Crippen LogP contribution in [0, 0.1) is 12.8 Å². The molecule has 268 valence electrons. The largest absolute Gasteiger partial charge is 0.697 e. The van der Waals surface area contributed by atoms with Crippen LogP contribution >= 0.6 is 0 Å². The average Bonchev–Trinajstić information content (AvgIpc) is 2.84. The summed E-state index contributed by atoms with van der Waals surface area (Å²) in [5, 5.41) is 0. The van der Waals surface area contributed by atoms with Gasteiger partial charge in [-0.25, -0.2) is 3.87 Å². The SMILES string of the molecule is CCO[Si](OCC)(OCC)OCC.CO[Si](C)(OO[SiH]=O)OS(=O)(=O)C(F)(F)F.O.O.O=S(=O)(O)C(F)(F)F.O=[Si]=O.[C-]#C. The Morgan fingerprint density at radius 3 is 1.25 bits per heavy atom. The van der Waals surface area contributed by atoms with Crippen molar-refractivity contribution in [3.05, 3.63) is 6.42 Å². The minimum atomic E-state index is -5.86. The zero-order chi connectivity index (χ0) is 34.9. The molecule has 0 aromatic heterocycles. The summed E-state index contributed by atoms with van der Waals surface area (Å²) in [4.78, 5) is 0. The van der Waals surface area contributed by atoms with Gasteiger partial charge in [0.25, 0.3) is 0 Å². The van der Waals surface area contributed by atoms with Gasteiger partial charge in [0, 0.05) is 40.1 Å². The van der Waals surface area contributed by atoms with Crippen molar-refractivity contribution in [1.29, 1.82) is 0 Å². The normalized spacial score (nSPS) is 12.3. The van der Waals surface area contributed by atoms with Crippen LogP contribution < -0.4 is 0 Å². The molecule has 0 rings (SSSR count). The lowest BCUT2D eigenvalue weighted by molar-refractivity contribution is -0.154. The second-order valence-electron chi connectivity index (χ2n) is 5.56. The molecule has 44 heavy (non-hydrogen) atoms. The summed E-state index contributed by atoms with van der Waals surface area (Å²) in [6, 6.07) is 0. The summed E-state index contributed by atoms with van der Waals surface area (Å²) in [5.74, 6) is 0. The fraction of sp³-hybridized carbons (Fsp3) is 0.857. The highest BCUT2D eigenvalue weighted by molar-refractivity contribution is 7.88. The lowest BCUT2D eigenvalue weighted by atomic mass is 10.9. The Bertz CT molecular complexity index is 948. The van der Waals surface area contributed by atoms with E-state index in [1.807, 2.05) is 27.7 Å². The molecule has 18 nitrogen and oxygen atoms in total. The number of hydrogen-bond donors (Lipinski definition) is 1. The number of terminal acetylenes is 1. The Morgan fingerprint density at radius 2 is 1.09 bits per heavy atom. The molecular weight excluding hydrogens is 747 g/mol. The quantitative estimate of drug-likeness (QED) is 0.0344. The first kappa shape index (κ1) is 58.3. The third-order valence-corrected chi connectivity index (χ3v) is 10.0. The van der Waals surface area contributed by atoms with Crippen molar-refractivity contribution in [2.75, 3.05) is 33.5 Å². The number of alkyl halides is 6. The van der Waals surface area contributed by atoms with Gasteiger partial charge in [-0.3, -0.25) is 13.5 Å². The number of hydrogen-bond acceptors (Lipinski definition) is 15. The van der Waals surface area contributed by atoms with E-state index in [1.165, 1.54) is 0 Å². The maximum absolute atomic E-state index is 11.9. The fourth-order valence-corrected chi connectivity index (χ4v) is 6.59.